The van der Waals surface area contributed by atoms with Gasteiger partial charge in [0.25, 0.3) is 0 Å². The number of phenols is 1. The maximum absolute atomic E-state index is 12.8. The molecule has 0 bridgehead atoms. The van der Waals surface area contributed by atoms with Crippen LogP contribution in [0, 0.1) is 6.92 Å². The second kappa shape index (κ2) is 9.96. The number of para-hydroxylation sites is 1. The quantitative estimate of drug-likeness (QED) is 0.249. The van der Waals surface area contributed by atoms with E-state index in [1.54, 1.807) is 6.07 Å². The van der Waals surface area contributed by atoms with E-state index in [1.807, 2.05) is 98.3 Å². The number of rotatable bonds is 7. The van der Waals surface area contributed by atoms with Gasteiger partial charge in [-0.05, 0) is 48.2 Å². The van der Waals surface area contributed by atoms with Gasteiger partial charge in [0.15, 0.2) is 5.16 Å². The van der Waals surface area contributed by atoms with Gasteiger partial charge in [0.2, 0.25) is 5.91 Å². The van der Waals surface area contributed by atoms with E-state index in [4.69, 9.17) is 4.98 Å². The molecule has 0 saturated heterocycles. The highest BCUT2D eigenvalue weighted by molar-refractivity contribution is 7.99. The van der Waals surface area contributed by atoms with Crippen LogP contribution in [0.5, 0.6) is 5.75 Å². The molecule has 2 N–H and O–H groups in total. The molecule has 1 amide bonds. The molecule has 6 heteroatoms. The predicted octanol–water partition coefficient (Wildman–Crippen LogP) is 6.41. The number of nitrogens with zero attached hydrogens (tertiary/aromatic N) is 2. The van der Waals surface area contributed by atoms with Gasteiger partial charge >= 0.3 is 0 Å². The molecular formula is C27H27N3O2S. The maximum Gasteiger partial charge on any atom is 0.234 e. The molecule has 0 unspecified atom stereocenters. The summed E-state index contributed by atoms with van der Waals surface area (Å²) in [6.45, 7) is 5.90. The number of carbonyl (C=O) groups excluding carboxylic acids is 1. The highest BCUT2D eigenvalue weighted by Gasteiger charge is 2.15. The van der Waals surface area contributed by atoms with E-state index in [1.165, 1.54) is 11.8 Å². The Balaban J connectivity index is 1.55. The molecule has 0 aliphatic heterocycles. The van der Waals surface area contributed by atoms with E-state index in [0.717, 1.165) is 38.9 Å². The van der Waals surface area contributed by atoms with Crippen molar-refractivity contribution in [1.82, 2.24) is 9.55 Å². The van der Waals surface area contributed by atoms with Crippen LogP contribution in [0.1, 0.15) is 30.9 Å². The maximum atomic E-state index is 12.8. The number of anilines is 1. The minimum absolute atomic E-state index is 0.118. The summed E-state index contributed by atoms with van der Waals surface area (Å²) in [6.07, 6.45) is 2.00. The third-order valence-electron chi connectivity index (χ3n) is 5.38. The number of hydrogen-bond donors (Lipinski definition) is 2. The first kappa shape index (κ1) is 22.7. The molecule has 0 radical (unpaired) electrons. The summed E-state index contributed by atoms with van der Waals surface area (Å²) in [7, 11) is 0. The van der Waals surface area contributed by atoms with Crippen molar-refractivity contribution in [2.75, 3.05) is 11.1 Å². The lowest BCUT2D eigenvalue weighted by atomic mass is 9.99. The Hall–Kier alpha value is -3.51. The second-order valence-electron chi connectivity index (χ2n) is 8.20. The van der Waals surface area contributed by atoms with Crippen LogP contribution in [-0.2, 0) is 4.79 Å². The molecule has 1 heterocycles. The van der Waals surface area contributed by atoms with Crippen LogP contribution in [0.4, 0.5) is 5.69 Å². The van der Waals surface area contributed by atoms with E-state index in [9.17, 15) is 9.90 Å². The first-order chi connectivity index (χ1) is 15.9. The van der Waals surface area contributed by atoms with Crippen molar-refractivity contribution in [2.45, 2.75) is 31.8 Å². The van der Waals surface area contributed by atoms with Crippen molar-refractivity contribution in [2.24, 2.45) is 0 Å². The Morgan fingerprint density at radius 1 is 1.06 bits per heavy atom. The predicted molar refractivity (Wildman–Crippen MR) is 135 cm³/mol. The largest absolute Gasteiger partial charge is 0.508 e. The Morgan fingerprint density at radius 3 is 2.39 bits per heavy atom. The fraction of sp³-hybridized carbons (Fsp3) is 0.185. The molecule has 3 aromatic carbocycles. The smallest absolute Gasteiger partial charge is 0.234 e. The number of hydrogen-bond acceptors (Lipinski definition) is 4. The van der Waals surface area contributed by atoms with E-state index in [-0.39, 0.29) is 23.3 Å². The standard InChI is InChI=1S/C27H27N3O2S/c1-18(2)22-15-23(19(3)14-25(22)31)28-26(32)17-33-27-29-24(20-10-6-4-7-11-20)16-30(27)21-12-8-5-9-13-21/h4-16,18,31H,17H2,1-3H3,(H,28,32). The normalized spacial score (nSPS) is 11.0. The van der Waals surface area contributed by atoms with Crippen LogP contribution in [0.15, 0.2) is 84.1 Å². The average molecular weight is 458 g/mol. The highest BCUT2D eigenvalue weighted by Crippen LogP contribution is 2.32. The van der Waals surface area contributed by atoms with Gasteiger partial charge in [-0.25, -0.2) is 4.98 Å². The third-order valence-corrected chi connectivity index (χ3v) is 6.33. The molecule has 0 aliphatic rings. The molecule has 4 aromatic rings. The minimum atomic E-state index is -0.118. The topological polar surface area (TPSA) is 67.2 Å². The van der Waals surface area contributed by atoms with Crippen LogP contribution in [0.25, 0.3) is 16.9 Å². The Labute approximate surface area is 198 Å². The number of aromatic hydroxyl groups is 1. The summed E-state index contributed by atoms with van der Waals surface area (Å²) in [5.41, 5.74) is 5.24. The monoisotopic (exact) mass is 457 g/mol. The summed E-state index contributed by atoms with van der Waals surface area (Å²) in [5.74, 6) is 0.515. The van der Waals surface area contributed by atoms with Crippen molar-refractivity contribution >= 4 is 23.4 Å². The molecule has 0 atom stereocenters. The molecule has 1 aromatic heterocycles. The van der Waals surface area contributed by atoms with Crippen LogP contribution in [0.2, 0.25) is 0 Å². The molecule has 0 fully saturated rings. The minimum Gasteiger partial charge on any atom is -0.508 e. The molecule has 0 aliphatic carbocycles. The van der Waals surface area contributed by atoms with Gasteiger partial charge in [0.1, 0.15) is 5.75 Å². The molecule has 4 rings (SSSR count). The van der Waals surface area contributed by atoms with Crippen molar-refractivity contribution in [3.63, 3.8) is 0 Å². The lowest BCUT2D eigenvalue weighted by Crippen LogP contribution is -2.15. The van der Waals surface area contributed by atoms with Crippen molar-refractivity contribution in [3.05, 3.63) is 90.1 Å². The van der Waals surface area contributed by atoms with Crippen LogP contribution >= 0.6 is 11.8 Å². The lowest BCUT2D eigenvalue weighted by molar-refractivity contribution is -0.113. The molecule has 168 valence electrons. The van der Waals surface area contributed by atoms with Crippen LogP contribution in [-0.4, -0.2) is 26.3 Å². The van der Waals surface area contributed by atoms with E-state index < -0.39 is 0 Å². The zero-order valence-corrected chi connectivity index (χ0v) is 19.8. The molecule has 33 heavy (non-hydrogen) atoms. The Bertz CT molecular complexity index is 1250. The van der Waals surface area contributed by atoms with Gasteiger partial charge in [-0.1, -0.05) is 74.1 Å². The van der Waals surface area contributed by atoms with Gasteiger partial charge < -0.3 is 10.4 Å². The Kier molecular flexibility index (Phi) is 6.84. The number of aromatic nitrogens is 2. The summed E-state index contributed by atoms with van der Waals surface area (Å²) in [4.78, 5) is 17.6. The summed E-state index contributed by atoms with van der Waals surface area (Å²) in [5, 5.41) is 13.9. The fourth-order valence-electron chi connectivity index (χ4n) is 3.61. The van der Waals surface area contributed by atoms with E-state index >= 15 is 0 Å². The molecule has 0 spiro atoms. The second-order valence-corrected chi connectivity index (χ2v) is 9.14. The summed E-state index contributed by atoms with van der Waals surface area (Å²) in [6, 6.07) is 23.6. The van der Waals surface area contributed by atoms with Crippen molar-refractivity contribution < 1.29 is 9.90 Å². The first-order valence-corrected chi connectivity index (χ1v) is 11.9. The number of carbonyl (C=O) groups is 1. The van der Waals surface area contributed by atoms with Gasteiger partial charge in [-0.3, -0.25) is 9.36 Å². The van der Waals surface area contributed by atoms with Crippen LogP contribution < -0.4 is 5.32 Å². The van der Waals surface area contributed by atoms with E-state index in [2.05, 4.69) is 5.32 Å². The number of imidazole rings is 1. The average Bonchev–Trinajstić information content (AvgIpc) is 3.25. The number of phenolic OH excluding ortho intramolecular Hbond substituents is 1. The van der Waals surface area contributed by atoms with Gasteiger partial charge in [0.05, 0.1) is 11.4 Å². The van der Waals surface area contributed by atoms with Gasteiger partial charge in [0, 0.05) is 23.1 Å². The number of nitrogens with one attached hydrogen (secondary N) is 1. The first-order valence-electron chi connectivity index (χ1n) is 10.9. The van der Waals surface area contributed by atoms with Crippen molar-refractivity contribution in [3.8, 4) is 22.7 Å². The molecule has 5 nitrogen and oxygen atoms in total. The number of benzene rings is 3. The van der Waals surface area contributed by atoms with Crippen LogP contribution in [0.3, 0.4) is 0 Å². The number of thioether (sulfide) groups is 1. The summed E-state index contributed by atoms with van der Waals surface area (Å²) < 4.78 is 2.02. The van der Waals surface area contributed by atoms with Gasteiger partial charge in [-0.2, -0.15) is 0 Å². The summed E-state index contributed by atoms with van der Waals surface area (Å²) >= 11 is 1.39. The lowest BCUT2D eigenvalue weighted by Gasteiger charge is -2.14. The SMILES string of the molecule is Cc1cc(O)c(C(C)C)cc1NC(=O)CSc1nc(-c2ccccc2)cn1-c1ccccc1. The highest BCUT2D eigenvalue weighted by atomic mass is 32.2. The zero-order valence-electron chi connectivity index (χ0n) is 18.9. The van der Waals surface area contributed by atoms with Gasteiger partial charge in [-0.15, -0.1) is 0 Å². The van der Waals surface area contributed by atoms with Crippen molar-refractivity contribution in [1.29, 1.82) is 0 Å². The molecular weight excluding hydrogens is 430 g/mol. The Morgan fingerprint density at radius 2 is 1.73 bits per heavy atom. The third kappa shape index (κ3) is 5.29. The number of aryl methyl sites for hydroxylation is 1. The zero-order chi connectivity index (χ0) is 23.4. The number of amides is 1. The van der Waals surface area contributed by atoms with E-state index in [0.29, 0.717) is 0 Å². The fourth-order valence-corrected chi connectivity index (χ4v) is 4.40. The molecule has 0 saturated carbocycles.